The molecule has 4 aromatic rings. The maximum atomic E-state index is 12.3. The second kappa shape index (κ2) is 8.70. The number of nitrogens with zero attached hydrogens (tertiary/aromatic N) is 1. The summed E-state index contributed by atoms with van der Waals surface area (Å²) in [6, 6.07) is 22.4. The molecule has 3 nitrogen and oxygen atoms in total. The quantitative estimate of drug-likeness (QED) is 0.392. The largest absolute Gasteiger partial charge is 0.321 e. The van der Waals surface area contributed by atoms with E-state index in [1.54, 1.807) is 0 Å². The molecule has 156 valence electrons. The lowest BCUT2D eigenvalue weighted by molar-refractivity contribution is 0.298. The molecular weight excluding hydrogens is 404 g/mol. The highest BCUT2D eigenvalue weighted by Crippen LogP contribution is 2.25. The minimum atomic E-state index is -0.0213. The molecule has 0 aliphatic carbocycles. The van der Waals surface area contributed by atoms with Crippen LogP contribution < -0.4 is 5.56 Å². The van der Waals surface area contributed by atoms with Crippen molar-refractivity contribution in [3.05, 3.63) is 99.3 Å². The van der Waals surface area contributed by atoms with Gasteiger partial charge in [0.25, 0.3) is 5.56 Å². The van der Waals surface area contributed by atoms with Gasteiger partial charge < -0.3 is 4.98 Å². The number of benzene rings is 3. The number of halogens is 1. The molecule has 0 amide bonds. The van der Waals surface area contributed by atoms with Crippen LogP contribution in [0.4, 0.5) is 0 Å². The number of fused-ring (bicyclic) bond motifs is 3. The summed E-state index contributed by atoms with van der Waals surface area (Å²) >= 11 is 6.01. The lowest BCUT2D eigenvalue weighted by Crippen LogP contribution is -2.29. The normalized spacial score (nSPS) is 14.8. The molecule has 1 aliphatic rings. The van der Waals surface area contributed by atoms with Crippen LogP contribution in [0.25, 0.3) is 27.2 Å². The second-order valence-electron chi connectivity index (χ2n) is 8.27. The number of aromatic amines is 1. The van der Waals surface area contributed by atoms with Gasteiger partial charge in [-0.2, -0.15) is 0 Å². The van der Waals surface area contributed by atoms with Gasteiger partial charge in [0.2, 0.25) is 0 Å². The molecule has 1 aliphatic heterocycles. The predicted molar refractivity (Wildman–Crippen MR) is 131 cm³/mol. The van der Waals surface area contributed by atoms with Crippen molar-refractivity contribution in [1.29, 1.82) is 0 Å². The van der Waals surface area contributed by atoms with Gasteiger partial charge in [0.1, 0.15) is 0 Å². The zero-order valence-corrected chi connectivity index (χ0v) is 18.2. The molecule has 0 fully saturated rings. The topological polar surface area (TPSA) is 36.1 Å². The predicted octanol–water partition coefficient (Wildman–Crippen LogP) is 6.06. The van der Waals surface area contributed by atoms with Crippen LogP contribution in [-0.4, -0.2) is 29.5 Å². The standard InChI is InChI=1S/C27H25ClN2O/c28-22-10-8-20(9-11-22)21-13-16-30(17-14-21)15-3-4-19-7-12-26-25(18-19)23-5-1-2-6-24(23)27(31)29-26/h1-2,5-13,18H,3-4,14-17H2,(H,29,31). The molecule has 4 heteroatoms. The second-order valence-corrected chi connectivity index (χ2v) is 8.71. The Kier molecular flexibility index (Phi) is 5.63. The highest BCUT2D eigenvalue weighted by Gasteiger charge is 2.13. The van der Waals surface area contributed by atoms with Gasteiger partial charge >= 0.3 is 0 Å². The summed E-state index contributed by atoms with van der Waals surface area (Å²) in [6.45, 7) is 3.19. The van der Waals surface area contributed by atoms with Crippen molar-refractivity contribution < 1.29 is 0 Å². The fourth-order valence-corrected chi connectivity index (χ4v) is 4.66. The van der Waals surface area contributed by atoms with E-state index < -0.39 is 0 Å². The Morgan fingerprint density at radius 2 is 1.74 bits per heavy atom. The number of nitrogens with one attached hydrogen (secondary N) is 1. The third kappa shape index (κ3) is 4.30. The maximum absolute atomic E-state index is 12.3. The fraction of sp³-hybridized carbons (Fsp3) is 0.222. The highest BCUT2D eigenvalue weighted by molar-refractivity contribution is 6.30. The molecule has 0 bridgehead atoms. The monoisotopic (exact) mass is 428 g/mol. The van der Waals surface area contributed by atoms with Crippen LogP contribution in [0, 0.1) is 0 Å². The van der Waals surface area contributed by atoms with Crippen LogP contribution in [0.1, 0.15) is 24.0 Å². The van der Waals surface area contributed by atoms with Crippen LogP contribution in [0.15, 0.2) is 77.6 Å². The summed E-state index contributed by atoms with van der Waals surface area (Å²) in [5, 5.41) is 3.69. The van der Waals surface area contributed by atoms with E-state index in [-0.39, 0.29) is 5.56 Å². The van der Waals surface area contributed by atoms with Gasteiger partial charge in [0, 0.05) is 34.4 Å². The zero-order chi connectivity index (χ0) is 21.2. The summed E-state index contributed by atoms with van der Waals surface area (Å²) in [4.78, 5) is 17.8. The smallest absolute Gasteiger partial charge is 0.256 e. The first-order chi connectivity index (χ1) is 15.2. The first-order valence-electron chi connectivity index (χ1n) is 10.9. The van der Waals surface area contributed by atoms with Crippen LogP contribution >= 0.6 is 11.6 Å². The molecule has 0 saturated heterocycles. The van der Waals surface area contributed by atoms with E-state index in [1.807, 2.05) is 42.5 Å². The Morgan fingerprint density at radius 1 is 0.935 bits per heavy atom. The van der Waals surface area contributed by atoms with E-state index in [2.05, 4.69) is 40.2 Å². The van der Waals surface area contributed by atoms with Gasteiger partial charge in [-0.05, 0) is 78.2 Å². The van der Waals surface area contributed by atoms with Crippen LogP contribution in [0.5, 0.6) is 0 Å². The van der Waals surface area contributed by atoms with Gasteiger partial charge in [-0.15, -0.1) is 0 Å². The Labute approximate surface area is 187 Å². The third-order valence-electron chi connectivity index (χ3n) is 6.24. The molecule has 0 unspecified atom stereocenters. The first-order valence-corrected chi connectivity index (χ1v) is 11.3. The van der Waals surface area contributed by atoms with Crippen LogP contribution in [0.3, 0.4) is 0 Å². The van der Waals surface area contributed by atoms with Crippen molar-refractivity contribution in [3.8, 4) is 0 Å². The molecule has 1 N–H and O–H groups in total. The number of hydrogen-bond donors (Lipinski definition) is 1. The molecule has 0 atom stereocenters. The molecule has 0 spiro atoms. The summed E-state index contributed by atoms with van der Waals surface area (Å²) in [5.74, 6) is 0. The minimum absolute atomic E-state index is 0.0213. The number of rotatable bonds is 5. The average molecular weight is 429 g/mol. The molecule has 3 aromatic carbocycles. The van der Waals surface area contributed by atoms with E-state index >= 15 is 0 Å². The number of H-pyrrole nitrogens is 1. The molecule has 1 aromatic heterocycles. The summed E-state index contributed by atoms with van der Waals surface area (Å²) in [7, 11) is 0. The van der Waals surface area contributed by atoms with Crippen molar-refractivity contribution >= 4 is 38.8 Å². The van der Waals surface area contributed by atoms with E-state index in [0.717, 1.165) is 65.6 Å². The number of aryl methyl sites for hydroxylation is 1. The van der Waals surface area contributed by atoms with Gasteiger partial charge in [-0.1, -0.05) is 54.1 Å². The van der Waals surface area contributed by atoms with Gasteiger partial charge in [-0.25, -0.2) is 0 Å². The first kappa shape index (κ1) is 20.0. The lowest BCUT2D eigenvalue weighted by atomic mass is 9.99. The van der Waals surface area contributed by atoms with Gasteiger partial charge in [-0.3, -0.25) is 9.69 Å². The number of aromatic nitrogens is 1. The molecule has 0 saturated carbocycles. The Balaban J connectivity index is 1.24. The molecular formula is C27H25ClN2O. The van der Waals surface area contributed by atoms with Crippen molar-refractivity contribution in [2.24, 2.45) is 0 Å². The number of pyridine rings is 1. The Morgan fingerprint density at radius 3 is 2.52 bits per heavy atom. The number of hydrogen-bond acceptors (Lipinski definition) is 2. The molecule has 5 rings (SSSR count). The highest BCUT2D eigenvalue weighted by atomic mass is 35.5. The summed E-state index contributed by atoms with van der Waals surface area (Å²) < 4.78 is 0. The summed E-state index contributed by atoms with van der Waals surface area (Å²) in [6.07, 6.45) is 5.59. The lowest BCUT2D eigenvalue weighted by Gasteiger charge is -2.26. The third-order valence-corrected chi connectivity index (χ3v) is 6.49. The van der Waals surface area contributed by atoms with Crippen molar-refractivity contribution in [1.82, 2.24) is 9.88 Å². The minimum Gasteiger partial charge on any atom is -0.321 e. The van der Waals surface area contributed by atoms with Gasteiger partial charge in [0.15, 0.2) is 0 Å². The van der Waals surface area contributed by atoms with Crippen molar-refractivity contribution in [3.63, 3.8) is 0 Å². The van der Waals surface area contributed by atoms with E-state index in [4.69, 9.17) is 11.6 Å². The Hall–Kier alpha value is -2.88. The average Bonchev–Trinajstić information content (AvgIpc) is 2.81. The van der Waals surface area contributed by atoms with Crippen molar-refractivity contribution in [2.45, 2.75) is 19.3 Å². The molecule has 0 radical (unpaired) electrons. The van der Waals surface area contributed by atoms with Gasteiger partial charge in [0.05, 0.1) is 0 Å². The molecule has 2 heterocycles. The molecule has 31 heavy (non-hydrogen) atoms. The summed E-state index contributed by atoms with van der Waals surface area (Å²) in [5.41, 5.74) is 4.91. The van der Waals surface area contributed by atoms with E-state index in [1.165, 1.54) is 16.7 Å². The van der Waals surface area contributed by atoms with Crippen LogP contribution in [-0.2, 0) is 6.42 Å². The van der Waals surface area contributed by atoms with Crippen molar-refractivity contribution in [2.75, 3.05) is 19.6 Å². The Bertz CT molecular complexity index is 1320. The van der Waals surface area contributed by atoms with E-state index in [9.17, 15) is 4.79 Å². The van der Waals surface area contributed by atoms with Crippen LogP contribution in [0.2, 0.25) is 5.02 Å². The maximum Gasteiger partial charge on any atom is 0.256 e. The zero-order valence-electron chi connectivity index (χ0n) is 17.4. The fourth-order valence-electron chi connectivity index (χ4n) is 4.53. The SMILES string of the molecule is O=c1[nH]c2ccc(CCCN3CC=C(c4ccc(Cl)cc4)CC3)cc2c2ccccc12. The van der Waals surface area contributed by atoms with E-state index in [0.29, 0.717) is 0 Å².